The normalized spacial score (nSPS) is 32.2. The highest BCUT2D eigenvalue weighted by molar-refractivity contribution is 5.69. The Morgan fingerprint density at radius 2 is 2.12 bits per heavy atom. The lowest BCUT2D eigenvalue weighted by Crippen LogP contribution is -2.60. The highest BCUT2D eigenvalue weighted by Crippen LogP contribution is 2.42. The van der Waals surface area contributed by atoms with Gasteiger partial charge in [0, 0.05) is 0 Å². The monoisotopic (exact) mass is 235 g/mol. The third-order valence-corrected chi connectivity index (χ3v) is 3.21. The summed E-state index contributed by atoms with van der Waals surface area (Å²) in [4.78, 5) is 23.4. The van der Waals surface area contributed by atoms with E-state index < -0.39 is 11.8 Å². The van der Waals surface area contributed by atoms with Crippen molar-refractivity contribution in [1.82, 2.24) is 4.90 Å². The average Bonchev–Trinajstić information content (AvgIpc) is 2.74. The highest BCUT2D eigenvalue weighted by Gasteiger charge is 2.55. The van der Waals surface area contributed by atoms with E-state index in [1.165, 1.54) is 0 Å². The van der Waals surface area contributed by atoms with Crippen LogP contribution in [0.15, 0.2) is 30.3 Å². The van der Waals surface area contributed by atoms with Crippen LogP contribution in [0.1, 0.15) is 12.5 Å². The van der Waals surface area contributed by atoms with Gasteiger partial charge in [0.2, 0.25) is 6.23 Å². The smallest absolute Gasteiger partial charge is 0.412 e. The van der Waals surface area contributed by atoms with Gasteiger partial charge in [0.25, 0.3) is 0 Å². The van der Waals surface area contributed by atoms with Gasteiger partial charge in [-0.3, -0.25) is 4.90 Å². The number of nitrogens with zero attached hydrogens (tertiary/aromatic N) is 1. The number of carbonyl (C=O) groups excluding carboxylic acids is 1. The number of carbonyl (C=O) groups is 1. The summed E-state index contributed by atoms with van der Waals surface area (Å²) in [5.41, 5.74) is 0.362. The highest BCUT2D eigenvalue weighted by atomic mass is 17.3. The minimum Gasteiger partial charge on any atom is -0.447 e. The van der Waals surface area contributed by atoms with Crippen molar-refractivity contribution in [2.75, 3.05) is 13.2 Å². The third-order valence-electron chi connectivity index (χ3n) is 3.21. The van der Waals surface area contributed by atoms with E-state index in [2.05, 4.69) is 0 Å². The van der Waals surface area contributed by atoms with Crippen LogP contribution in [0, 0.1) is 0 Å². The van der Waals surface area contributed by atoms with E-state index in [9.17, 15) is 4.79 Å². The summed E-state index contributed by atoms with van der Waals surface area (Å²) in [5.74, 6) is 0. The number of benzene rings is 1. The minimum absolute atomic E-state index is 0.347. The van der Waals surface area contributed by atoms with Crippen LogP contribution >= 0.6 is 0 Å². The Hall–Kier alpha value is -1.59. The molecule has 0 N–H and O–H groups in total. The molecule has 0 saturated carbocycles. The van der Waals surface area contributed by atoms with Gasteiger partial charge in [0.15, 0.2) is 5.60 Å². The van der Waals surface area contributed by atoms with E-state index in [0.717, 1.165) is 5.56 Å². The Morgan fingerprint density at radius 3 is 2.65 bits per heavy atom. The van der Waals surface area contributed by atoms with E-state index >= 15 is 0 Å². The molecular weight excluding hydrogens is 222 g/mol. The van der Waals surface area contributed by atoms with E-state index in [4.69, 9.17) is 14.5 Å². The first kappa shape index (κ1) is 10.6. The molecule has 1 amide bonds. The Kier molecular flexibility index (Phi) is 2.31. The molecule has 2 saturated heterocycles. The molecule has 0 aliphatic carbocycles. The van der Waals surface area contributed by atoms with Crippen molar-refractivity contribution >= 4 is 6.09 Å². The molecule has 2 aliphatic heterocycles. The summed E-state index contributed by atoms with van der Waals surface area (Å²) in [6, 6.07) is 9.71. The second kappa shape index (κ2) is 3.72. The van der Waals surface area contributed by atoms with Crippen molar-refractivity contribution in [3.63, 3.8) is 0 Å². The fraction of sp³-hybridized carbons (Fsp3) is 0.417. The Balaban J connectivity index is 1.86. The van der Waals surface area contributed by atoms with Crippen molar-refractivity contribution in [3.05, 3.63) is 35.9 Å². The molecule has 1 unspecified atom stereocenters. The quantitative estimate of drug-likeness (QED) is 0.731. The van der Waals surface area contributed by atoms with Gasteiger partial charge in [-0.1, -0.05) is 30.3 Å². The van der Waals surface area contributed by atoms with Crippen LogP contribution in [0.2, 0.25) is 0 Å². The van der Waals surface area contributed by atoms with Gasteiger partial charge in [-0.2, -0.15) is 0 Å². The summed E-state index contributed by atoms with van der Waals surface area (Å²) in [6.45, 7) is 2.85. The zero-order chi connectivity index (χ0) is 11.9. The van der Waals surface area contributed by atoms with Crippen molar-refractivity contribution in [1.29, 1.82) is 0 Å². The molecule has 5 nitrogen and oxygen atoms in total. The summed E-state index contributed by atoms with van der Waals surface area (Å²) in [7, 11) is 0. The first-order valence-electron chi connectivity index (χ1n) is 5.55. The summed E-state index contributed by atoms with van der Waals surface area (Å²) < 4.78 is 4.90. The SMILES string of the molecule is C[C@]1(c2ccccc2)OOC1N1CCOC1=O. The van der Waals surface area contributed by atoms with Crippen LogP contribution in [0.3, 0.4) is 0 Å². The zero-order valence-electron chi connectivity index (χ0n) is 9.46. The van der Waals surface area contributed by atoms with Gasteiger partial charge in [0.1, 0.15) is 6.61 Å². The molecule has 2 aliphatic rings. The van der Waals surface area contributed by atoms with Crippen molar-refractivity contribution < 1.29 is 19.3 Å². The largest absolute Gasteiger partial charge is 0.447 e. The Labute approximate surface area is 98.8 Å². The second-order valence-electron chi connectivity index (χ2n) is 4.31. The molecule has 2 fully saturated rings. The predicted octanol–water partition coefficient (Wildman–Crippen LogP) is 1.64. The van der Waals surface area contributed by atoms with E-state index in [1.54, 1.807) is 4.90 Å². The van der Waals surface area contributed by atoms with Crippen LogP contribution in [0.25, 0.3) is 0 Å². The van der Waals surface area contributed by atoms with Crippen LogP contribution in [0.4, 0.5) is 4.79 Å². The molecule has 90 valence electrons. The Bertz CT molecular complexity index is 435. The number of hydrogen-bond donors (Lipinski definition) is 0. The van der Waals surface area contributed by atoms with Gasteiger partial charge >= 0.3 is 6.09 Å². The van der Waals surface area contributed by atoms with Crippen molar-refractivity contribution in [2.24, 2.45) is 0 Å². The molecule has 2 heterocycles. The number of cyclic esters (lactones) is 1. The fourth-order valence-electron chi connectivity index (χ4n) is 2.16. The standard InChI is InChI=1S/C12H13NO4/c1-12(9-5-3-2-4-6-9)10(16-17-12)13-7-8-15-11(13)14/h2-6,10H,7-8H2,1H3/t10?,12-/m1/s1. The average molecular weight is 235 g/mol. The van der Waals surface area contributed by atoms with Gasteiger partial charge in [-0.15, -0.1) is 0 Å². The number of amides is 1. The maximum Gasteiger partial charge on any atom is 0.412 e. The van der Waals surface area contributed by atoms with Gasteiger partial charge < -0.3 is 4.74 Å². The first-order chi connectivity index (χ1) is 8.22. The second-order valence-corrected chi connectivity index (χ2v) is 4.31. The molecule has 0 aromatic heterocycles. The lowest BCUT2D eigenvalue weighted by molar-refractivity contribution is -0.534. The first-order valence-corrected chi connectivity index (χ1v) is 5.55. The molecular formula is C12H13NO4. The van der Waals surface area contributed by atoms with Crippen LogP contribution in [0.5, 0.6) is 0 Å². The fourth-order valence-corrected chi connectivity index (χ4v) is 2.16. The lowest BCUT2D eigenvalue weighted by atomic mass is 9.92. The topological polar surface area (TPSA) is 48.0 Å². The maximum atomic E-state index is 11.5. The molecule has 3 rings (SSSR count). The van der Waals surface area contributed by atoms with Gasteiger partial charge in [-0.25, -0.2) is 14.6 Å². The zero-order valence-corrected chi connectivity index (χ0v) is 9.46. The van der Waals surface area contributed by atoms with Crippen LogP contribution in [-0.4, -0.2) is 30.4 Å². The van der Waals surface area contributed by atoms with Crippen LogP contribution < -0.4 is 0 Å². The molecule has 17 heavy (non-hydrogen) atoms. The molecule has 2 atom stereocenters. The van der Waals surface area contributed by atoms with E-state index in [1.807, 2.05) is 37.3 Å². The summed E-state index contributed by atoms with van der Waals surface area (Å²) in [6.07, 6.45) is -0.764. The Morgan fingerprint density at radius 1 is 1.35 bits per heavy atom. The van der Waals surface area contributed by atoms with E-state index in [0.29, 0.717) is 13.2 Å². The van der Waals surface area contributed by atoms with Gasteiger partial charge in [0.05, 0.1) is 6.54 Å². The molecule has 1 aromatic carbocycles. The third kappa shape index (κ3) is 1.50. The molecule has 0 radical (unpaired) electrons. The molecule has 5 heteroatoms. The molecule has 0 bridgehead atoms. The summed E-state index contributed by atoms with van der Waals surface area (Å²) >= 11 is 0. The summed E-state index contributed by atoms with van der Waals surface area (Å²) in [5, 5.41) is 0. The number of hydrogen-bond acceptors (Lipinski definition) is 4. The van der Waals surface area contributed by atoms with Crippen molar-refractivity contribution in [2.45, 2.75) is 18.8 Å². The van der Waals surface area contributed by atoms with Gasteiger partial charge in [-0.05, 0) is 12.5 Å². The van der Waals surface area contributed by atoms with Crippen LogP contribution in [-0.2, 0) is 20.1 Å². The molecule has 1 aromatic rings. The van der Waals surface area contributed by atoms with Crippen molar-refractivity contribution in [3.8, 4) is 0 Å². The number of rotatable bonds is 2. The minimum atomic E-state index is -0.620. The van der Waals surface area contributed by atoms with E-state index in [-0.39, 0.29) is 6.09 Å². The molecule has 0 spiro atoms. The maximum absolute atomic E-state index is 11.5. The number of ether oxygens (including phenoxy) is 1. The lowest BCUT2D eigenvalue weighted by Gasteiger charge is -2.47. The predicted molar refractivity (Wildman–Crippen MR) is 57.8 cm³/mol.